The molecule has 2 amide bonds. The van der Waals surface area contributed by atoms with E-state index in [4.69, 9.17) is 14.2 Å². The number of carbonyl (C=O) groups excluding carboxylic acids is 3. The second-order valence-electron chi connectivity index (χ2n) is 11.0. The lowest BCUT2D eigenvalue weighted by molar-refractivity contribution is -0.139. The van der Waals surface area contributed by atoms with Gasteiger partial charge in [0.05, 0.1) is 23.6 Å². The fourth-order valence-corrected chi connectivity index (χ4v) is 6.44. The molecule has 4 aliphatic rings. The summed E-state index contributed by atoms with van der Waals surface area (Å²) in [7, 11) is 0. The fraction of sp³-hybridized carbons (Fsp3) is 0.281. The zero-order valence-electron chi connectivity index (χ0n) is 22.4. The maximum absolute atomic E-state index is 14.2. The van der Waals surface area contributed by atoms with Crippen LogP contribution in [0.4, 0.5) is 11.4 Å². The molecule has 0 aromatic heterocycles. The summed E-state index contributed by atoms with van der Waals surface area (Å²) in [6.07, 6.45) is 3.88. The molecule has 0 aliphatic carbocycles. The number of ether oxygens (including phenoxy) is 3. The number of amides is 2. The molecule has 40 heavy (non-hydrogen) atoms. The van der Waals surface area contributed by atoms with Gasteiger partial charge in [-0.3, -0.25) is 9.59 Å². The van der Waals surface area contributed by atoms with E-state index in [-0.39, 0.29) is 18.6 Å². The van der Waals surface area contributed by atoms with Crippen LogP contribution in [0.2, 0.25) is 0 Å². The number of benzene rings is 3. The SMILES string of the molecule is Cc1ccc(C(C)C)c(OC(=O)C2C3C(=O)N(c4ccc5c(c4)OCO5)C(=O)C3C3C=Cc4ccccc4N32)c1. The van der Waals surface area contributed by atoms with Gasteiger partial charge in [0.1, 0.15) is 11.8 Å². The van der Waals surface area contributed by atoms with Crippen molar-refractivity contribution in [1.82, 2.24) is 0 Å². The zero-order chi connectivity index (χ0) is 27.7. The number of fused-ring (bicyclic) bond motifs is 6. The standard InChI is InChI=1S/C32H28N2O6/c1-17(2)21-11-8-18(3)14-25(21)40-32(37)29-28-27(23-12-9-19-6-4-5-7-22(19)34(23)29)30(35)33(31(28)36)20-10-13-24-26(15-20)39-16-38-24/h4-15,17,23,27-29H,16H2,1-3H3. The third-order valence-corrected chi connectivity index (χ3v) is 8.27. The Morgan fingerprint density at radius 2 is 1.73 bits per heavy atom. The Morgan fingerprint density at radius 3 is 2.55 bits per heavy atom. The molecule has 2 saturated heterocycles. The van der Waals surface area contributed by atoms with Crippen LogP contribution < -0.4 is 24.0 Å². The predicted molar refractivity (Wildman–Crippen MR) is 148 cm³/mol. The van der Waals surface area contributed by atoms with Gasteiger partial charge in [-0.15, -0.1) is 0 Å². The van der Waals surface area contributed by atoms with Gasteiger partial charge in [-0.05, 0) is 53.8 Å². The minimum atomic E-state index is -0.989. The number of para-hydroxylation sites is 1. The largest absolute Gasteiger partial charge is 0.454 e. The van der Waals surface area contributed by atoms with Crippen LogP contribution in [-0.4, -0.2) is 36.7 Å². The number of carbonyl (C=O) groups is 3. The highest BCUT2D eigenvalue weighted by atomic mass is 16.7. The summed E-state index contributed by atoms with van der Waals surface area (Å²) in [4.78, 5) is 45.4. The molecule has 4 unspecified atom stereocenters. The molecule has 0 spiro atoms. The molecule has 3 aromatic carbocycles. The fourth-order valence-electron chi connectivity index (χ4n) is 6.44. The zero-order valence-corrected chi connectivity index (χ0v) is 22.4. The van der Waals surface area contributed by atoms with Gasteiger partial charge >= 0.3 is 5.97 Å². The molecule has 0 bridgehead atoms. The van der Waals surface area contributed by atoms with Crippen molar-refractivity contribution in [3.63, 3.8) is 0 Å². The number of esters is 1. The second kappa shape index (κ2) is 8.98. The van der Waals surface area contributed by atoms with Crippen molar-refractivity contribution in [3.05, 3.63) is 83.4 Å². The van der Waals surface area contributed by atoms with Gasteiger partial charge in [-0.25, -0.2) is 9.69 Å². The van der Waals surface area contributed by atoms with Gasteiger partial charge in [-0.1, -0.05) is 56.3 Å². The van der Waals surface area contributed by atoms with Crippen molar-refractivity contribution >= 4 is 35.2 Å². The van der Waals surface area contributed by atoms with Gasteiger partial charge < -0.3 is 19.1 Å². The summed E-state index contributed by atoms with van der Waals surface area (Å²) < 4.78 is 17.0. The average molecular weight is 537 g/mol. The van der Waals surface area contributed by atoms with E-state index in [1.165, 1.54) is 4.90 Å². The Morgan fingerprint density at radius 1 is 0.950 bits per heavy atom. The Kier molecular flexibility index (Phi) is 5.49. The monoisotopic (exact) mass is 536 g/mol. The summed E-state index contributed by atoms with van der Waals surface area (Å²) in [5.41, 5.74) is 3.98. The molecule has 0 radical (unpaired) electrons. The Hall–Kier alpha value is -4.59. The molecule has 4 aliphatic heterocycles. The summed E-state index contributed by atoms with van der Waals surface area (Å²) >= 11 is 0. The third-order valence-electron chi connectivity index (χ3n) is 8.27. The minimum absolute atomic E-state index is 0.0818. The van der Waals surface area contributed by atoms with Gasteiger partial charge in [0.2, 0.25) is 18.6 Å². The molecule has 0 saturated carbocycles. The molecule has 4 atom stereocenters. The first-order valence-electron chi connectivity index (χ1n) is 13.5. The van der Waals surface area contributed by atoms with Crippen LogP contribution in [0.15, 0.2) is 66.7 Å². The maximum Gasteiger partial charge on any atom is 0.335 e. The van der Waals surface area contributed by atoms with Crippen molar-refractivity contribution in [3.8, 4) is 17.2 Å². The van der Waals surface area contributed by atoms with Crippen LogP contribution in [0.25, 0.3) is 6.08 Å². The molecule has 8 heteroatoms. The number of nitrogens with zero attached hydrogens (tertiary/aromatic N) is 2. The van der Waals surface area contributed by atoms with E-state index in [9.17, 15) is 14.4 Å². The van der Waals surface area contributed by atoms with Gasteiger partial charge in [0.25, 0.3) is 0 Å². The summed E-state index contributed by atoms with van der Waals surface area (Å²) in [5, 5.41) is 0. The van der Waals surface area contributed by atoms with E-state index < -0.39 is 35.8 Å². The maximum atomic E-state index is 14.2. The topological polar surface area (TPSA) is 85.4 Å². The van der Waals surface area contributed by atoms with Gasteiger partial charge in [0.15, 0.2) is 11.5 Å². The molecule has 202 valence electrons. The Labute approximate surface area is 231 Å². The first-order valence-corrected chi connectivity index (χ1v) is 13.5. The van der Waals surface area contributed by atoms with E-state index in [1.807, 2.05) is 80.3 Å². The van der Waals surface area contributed by atoms with Crippen molar-refractivity contribution in [2.24, 2.45) is 11.8 Å². The molecular weight excluding hydrogens is 508 g/mol. The van der Waals surface area contributed by atoms with Crippen LogP contribution in [0.3, 0.4) is 0 Å². The number of aryl methyl sites for hydroxylation is 1. The number of hydrogen-bond acceptors (Lipinski definition) is 7. The van der Waals surface area contributed by atoms with Crippen molar-refractivity contribution in [2.75, 3.05) is 16.6 Å². The van der Waals surface area contributed by atoms with Crippen molar-refractivity contribution < 1.29 is 28.6 Å². The summed E-state index contributed by atoms with van der Waals surface area (Å²) in [6.45, 7) is 6.10. The summed E-state index contributed by atoms with van der Waals surface area (Å²) in [5.74, 6) is -1.36. The van der Waals surface area contributed by atoms with Crippen molar-refractivity contribution in [1.29, 1.82) is 0 Å². The van der Waals surface area contributed by atoms with Crippen LogP contribution in [-0.2, 0) is 14.4 Å². The van der Waals surface area contributed by atoms with E-state index in [0.29, 0.717) is 22.9 Å². The highest BCUT2D eigenvalue weighted by molar-refractivity contribution is 6.24. The lowest BCUT2D eigenvalue weighted by Crippen LogP contribution is -2.50. The Bertz CT molecular complexity index is 1610. The van der Waals surface area contributed by atoms with Crippen LogP contribution in [0, 0.1) is 18.8 Å². The third kappa shape index (κ3) is 3.55. The highest BCUT2D eigenvalue weighted by Gasteiger charge is 2.65. The molecular formula is C32H28N2O6. The van der Waals surface area contributed by atoms with Crippen LogP contribution in [0.1, 0.15) is 36.5 Å². The lowest BCUT2D eigenvalue weighted by Gasteiger charge is -2.36. The minimum Gasteiger partial charge on any atom is -0.454 e. The highest BCUT2D eigenvalue weighted by Crippen LogP contribution is 2.50. The first kappa shape index (κ1) is 24.5. The number of imide groups is 1. The quantitative estimate of drug-likeness (QED) is 0.268. The molecule has 4 heterocycles. The molecule has 8 nitrogen and oxygen atoms in total. The molecule has 2 fully saturated rings. The summed E-state index contributed by atoms with van der Waals surface area (Å²) in [6, 6.07) is 17.0. The van der Waals surface area contributed by atoms with Gasteiger partial charge in [0, 0.05) is 11.8 Å². The number of anilines is 2. The van der Waals surface area contributed by atoms with Crippen LogP contribution in [0.5, 0.6) is 17.2 Å². The Balaban J connectivity index is 1.31. The van der Waals surface area contributed by atoms with E-state index in [1.54, 1.807) is 18.2 Å². The predicted octanol–water partition coefficient (Wildman–Crippen LogP) is 4.84. The molecule has 0 N–H and O–H groups in total. The number of rotatable bonds is 4. The molecule has 3 aromatic rings. The normalized spacial score (nSPS) is 23.9. The first-order chi connectivity index (χ1) is 19.3. The van der Waals surface area contributed by atoms with Crippen LogP contribution >= 0.6 is 0 Å². The second-order valence-corrected chi connectivity index (χ2v) is 11.0. The van der Waals surface area contributed by atoms with E-state index in [0.717, 1.165) is 22.4 Å². The average Bonchev–Trinajstić information content (AvgIpc) is 3.61. The lowest BCUT2D eigenvalue weighted by atomic mass is 9.88. The number of hydrogen-bond donors (Lipinski definition) is 0. The van der Waals surface area contributed by atoms with E-state index in [2.05, 4.69) is 0 Å². The van der Waals surface area contributed by atoms with Gasteiger partial charge in [-0.2, -0.15) is 0 Å². The molecule has 7 rings (SSSR count). The smallest absolute Gasteiger partial charge is 0.335 e. The van der Waals surface area contributed by atoms with Crippen molar-refractivity contribution in [2.45, 2.75) is 38.8 Å². The van der Waals surface area contributed by atoms with E-state index >= 15 is 0 Å².